The van der Waals surface area contributed by atoms with Crippen LogP contribution >= 0.6 is 0 Å². The molecule has 0 aromatic rings. The summed E-state index contributed by atoms with van der Waals surface area (Å²) in [6.07, 6.45) is 1.49. The summed E-state index contributed by atoms with van der Waals surface area (Å²) in [7, 11) is 5.34. The summed E-state index contributed by atoms with van der Waals surface area (Å²) in [6.45, 7) is 0.635. The van der Waals surface area contributed by atoms with Gasteiger partial charge in [-0.05, 0) is 7.05 Å². The van der Waals surface area contributed by atoms with Gasteiger partial charge in [-0.25, -0.2) is 5.26 Å². The maximum Gasteiger partial charge on any atom is 2.00 e. The Bertz CT molecular complexity index is 75.0. The molecule has 3 heteroatoms. The van der Waals surface area contributed by atoms with Crippen molar-refractivity contribution in [2.24, 2.45) is 0 Å². The standard InChI is InChI=1S/C5H8N2.W/c1-7(2)5-3-4-6;/h3H,1,5H2,2H3;/q-2;+2. The van der Waals surface area contributed by atoms with Crippen molar-refractivity contribution in [2.75, 3.05) is 13.6 Å². The Labute approximate surface area is 64.7 Å². The number of hydrogen-bond donors (Lipinski definition) is 0. The third kappa shape index (κ3) is 9.38. The summed E-state index contributed by atoms with van der Waals surface area (Å²) in [5, 5.41) is 7.96. The fourth-order valence-electron chi connectivity index (χ4n) is 0.197. The van der Waals surface area contributed by atoms with Crippen molar-refractivity contribution in [1.29, 1.82) is 5.26 Å². The first kappa shape index (κ1) is 10.9. The molecule has 0 aromatic carbocycles. The van der Waals surface area contributed by atoms with Gasteiger partial charge in [-0.3, -0.25) is 13.5 Å². The normalized spacial score (nSPS) is 7.25. The first-order valence-electron chi connectivity index (χ1n) is 2.00. The smallest absolute Gasteiger partial charge is 0.484 e. The molecule has 0 N–H and O–H groups in total. The molecular formula is C5H8N2W. The number of nitriles is 1. The van der Waals surface area contributed by atoms with Gasteiger partial charge in [-0.15, -0.1) is 12.6 Å². The maximum atomic E-state index is 7.96. The van der Waals surface area contributed by atoms with Crippen molar-refractivity contribution in [3.63, 3.8) is 0 Å². The van der Waals surface area contributed by atoms with Crippen molar-refractivity contribution in [2.45, 2.75) is 0 Å². The third-order valence-corrected chi connectivity index (χ3v) is 0.494. The fraction of sp³-hybridized carbons (Fsp3) is 0.400. The summed E-state index contributed by atoms with van der Waals surface area (Å²) in [6, 6.07) is 1.89. The zero-order valence-corrected chi connectivity index (χ0v) is 7.73. The van der Waals surface area contributed by atoms with E-state index >= 15 is 0 Å². The van der Waals surface area contributed by atoms with E-state index in [0.717, 1.165) is 0 Å². The van der Waals surface area contributed by atoms with E-state index in [-0.39, 0.29) is 21.1 Å². The Balaban J connectivity index is 0. The molecule has 2 nitrogen and oxygen atoms in total. The van der Waals surface area contributed by atoms with E-state index in [1.54, 1.807) is 4.90 Å². The van der Waals surface area contributed by atoms with Crippen LogP contribution in [0.1, 0.15) is 0 Å². The van der Waals surface area contributed by atoms with Crippen LogP contribution in [0.4, 0.5) is 0 Å². The van der Waals surface area contributed by atoms with Crippen LogP contribution in [-0.4, -0.2) is 18.5 Å². The molecule has 0 fully saturated rings. The summed E-state index contributed by atoms with van der Waals surface area (Å²) in [5.74, 6) is 0. The summed E-state index contributed by atoms with van der Waals surface area (Å²) in [4.78, 5) is 1.68. The zero-order chi connectivity index (χ0) is 5.70. The molecule has 0 aliphatic heterocycles. The van der Waals surface area contributed by atoms with E-state index < -0.39 is 0 Å². The van der Waals surface area contributed by atoms with E-state index in [0.29, 0.717) is 6.54 Å². The molecule has 0 heterocycles. The molecule has 0 aliphatic rings. The molecule has 44 valence electrons. The van der Waals surface area contributed by atoms with Gasteiger partial charge in [0, 0.05) is 0 Å². The van der Waals surface area contributed by atoms with Crippen LogP contribution in [0.3, 0.4) is 0 Å². The van der Waals surface area contributed by atoms with Gasteiger partial charge < -0.3 is 4.90 Å². The average molecular weight is 280 g/mol. The summed E-state index contributed by atoms with van der Waals surface area (Å²) in [5.41, 5.74) is 0. The van der Waals surface area contributed by atoms with E-state index in [1.807, 2.05) is 13.1 Å². The van der Waals surface area contributed by atoms with E-state index in [4.69, 9.17) is 5.26 Å². The Morgan fingerprint density at radius 1 is 1.88 bits per heavy atom. The topological polar surface area (TPSA) is 27.0 Å². The van der Waals surface area contributed by atoms with Crippen molar-refractivity contribution in [3.8, 4) is 6.07 Å². The van der Waals surface area contributed by atoms with Gasteiger partial charge in [0.05, 0.1) is 0 Å². The van der Waals surface area contributed by atoms with Crippen LogP contribution in [0.15, 0.2) is 0 Å². The molecule has 0 aromatic heterocycles. The first-order chi connectivity index (χ1) is 3.27. The van der Waals surface area contributed by atoms with Crippen LogP contribution in [0.25, 0.3) is 0 Å². The molecule has 0 bridgehead atoms. The third-order valence-electron chi connectivity index (χ3n) is 0.494. The largest absolute Gasteiger partial charge is 2.00 e. The minimum atomic E-state index is 0. The first-order valence-corrected chi connectivity index (χ1v) is 2.00. The van der Waals surface area contributed by atoms with Crippen LogP contribution in [0.5, 0.6) is 0 Å². The Morgan fingerprint density at radius 2 is 2.38 bits per heavy atom. The van der Waals surface area contributed by atoms with Gasteiger partial charge in [0.1, 0.15) is 0 Å². The summed E-state index contributed by atoms with van der Waals surface area (Å²) >= 11 is 0. The fourth-order valence-corrected chi connectivity index (χ4v) is 0.197. The molecular weight excluding hydrogens is 272 g/mol. The monoisotopic (exact) mass is 280 g/mol. The Hall–Kier alpha value is 0.00831. The summed E-state index contributed by atoms with van der Waals surface area (Å²) < 4.78 is 0. The van der Waals surface area contributed by atoms with E-state index in [2.05, 4.69) is 7.05 Å². The second-order valence-electron chi connectivity index (χ2n) is 1.37. The van der Waals surface area contributed by atoms with Crippen LogP contribution in [0.2, 0.25) is 0 Å². The van der Waals surface area contributed by atoms with Gasteiger partial charge in [0.2, 0.25) is 0 Å². The van der Waals surface area contributed by atoms with Gasteiger partial charge in [0.15, 0.2) is 0 Å². The van der Waals surface area contributed by atoms with Crippen molar-refractivity contribution in [1.82, 2.24) is 4.90 Å². The molecule has 0 saturated heterocycles. The molecule has 0 spiro atoms. The molecule has 0 amide bonds. The van der Waals surface area contributed by atoms with Gasteiger partial charge >= 0.3 is 21.1 Å². The molecule has 0 aliphatic carbocycles. The average Bonchev–Trinajstić information content (AvgIpc) is 1.61. The van der Waals surface area contributed by atoms with E-state index in [1.165, 1.54) is 6.42 Å². The SMILES string of the molecule is [CH2-]N(C)C[CH-]C#N.[W+2]. The number of hydrogen-bond acceptors (Lipinski definition) is 2. The molecule has 0 radical (unpaired) electrons. The molecule has 0 atom stereocenters. The van der Waals surface area contributed by atoms with Crippen LogP contribution in [0, 0.1) is 24.8 Å². The second-order valence-corrected chi connectivity index (χ2v) is 1.37. The van der Waals surface area contributed by atoms with Gasteiger partial charge in [0.25, 0.3) is 0 Å². The number of nitrogens with zero attached hydrogens (tertiary/aromatic N) is 2. The molecule has 0 rings (SSSR count). The molecule has 0 saturated carbocycles. The predicted octanol–water partition coefficient (Wildman–Crippen LogP) is 0.435. The van der Waals surface area contributed by atoms with Crippen molar-refractivity contribution >= 4 is 0 Å². The number of rotatable bonds is 2. The minimum absolute atomic E-state index is 0. The zero-order valence-electron chi connectivity index (χ0n) is 4.79. The van der Waals surface area contributed by atoms with Gasteiger partial charge in [-0.1, -0.05) is 0 Å². The quantitative estimate of drug-likeness (QED) is 0.686. The Morgan fingerprint density at radius 3 is 2.50 bits per heavy atom. The Kier molecular flexibility index (Phi) is 9.55. The molecule has 0 unspecified atom stereocenters. The molecule has 8 heavy (non-hydrogen) atoms. The predicted molar refractivity (Wildman–Crippen MR) is 27.9 cm³/mol. The minimum Gasteiger partial charge on any atom is -0.484 e. The van der Waals surface area contributed by atoms with Gasteiger partial charge in [-0.2, -0.15) is 0 Å². The van der Waals surface area contributed by atoms with Crippen molar-refractivity contribution < 1.29 is 21.1 Å². The van der Waals surface area contributed by atoms with Crippen LogP contribution in [-0.2, 0) is 21.1 Å². The maximum absolute atomic E-state index is 7.96. The second kappa shape index (κ2) is 7.01. The van der Waals surface area contributed by atoms with E-state index in [9.17, 15) is 0 Å². The van der Waals surface area contributed by atoms with Crippen molar-refractivity contribution in [3.05, 3.63) is 13.5 Å². The van der Waals surface area contributed by atoms with Crippen LogP contribution < -0.4 is 0 Å².